The van der Waals surface area contributed by atoms with Gasteiger partial charge in [-0.3, -0.25) is 14.4 Å². The molecule has 0 saturated carbocycles. The number of carbonyl (C=O) groups is 3. The number of amides is 2. The second-order valence-corrected chi connectivity index (χ2v) is 5.03. The summed E-state index contributed by atoms with van der Waals surface area (Å²) in [6.45, 7) is 5.04. The number of nitrogens with one attached hydrogen (secondary N) is 1. The SMILES string of the molecule is CC(=O)NCc1ccc(C(=O)N(CC(=O)O)C(C)C)cc1. The molecule has 114 valence electrons. The highest BCUT2D eigenvalue weighted by atomic mass is 16.4. The first-order valence-electron chi connectivity index (χ1n) is 6.67. The molecule has 0 aliphatic carbocycles. The highest BCUT2D eigenvalue weighted by molar-refractivity contribution is 5.96. The van der Waals surface area contributed by atoms with Crippen LogP contribution < -0.4 is 5.32 Å². The van der Waals surface area contributed by atoms with E-state index in [0.717, 1.165) is 5.56 Å². The lowest BCUT2D eigenvalue weighted by atomic mass is 10.1. The van der Waals surface area contributed by atoms with Gasteiger partial charge in [-0.15, -0.1) is 0 Å². The van der Waals surface area contributed by atoms with Crippen molar-refractivity contribution in [1.82, 2.24) is 10.2 Å². The van der Waals surface area contributed by atoms with E-state index < -0.39 is 5.97 Å². The van der Waals surface area contributed by atoms with Gasteiger partial charge in [-0.2, -0.15) is 0 Å². The van der Waals surface area contributed by atoms with E-state index in [0.29, 0.717) is 12.1 Å². The van der Waals surface area contributed by atoms with E-state index >= 15 is 0 Å². The molecule has 6 heteroatoms. The maximum atomic E-state index is 12.3. The first kappa shape index (κ1) is 16.7. The van der Waals surface area contributed by atoms with Gasteiger partial charge in [0, 0.05) is 25.1 Å². The number of carbonyl (C=O) groups excluding carboxylic acids is 2. The van der Waals surface area contributed by atoms with Crippen LogP contribution in [0, 0.1) is 0 Å². The molecular weight excluding hydrogens is 272 g/mol. The fourth-order valence-corrected chi connectivity index (χ4v) is 1.79. The number of carboxylic acids is 1. The van der Waals surface area contributed by atoms with Crippen LogP contribution in [0.5, 0.6) is 0 Å². The van der Waals surface area contributed by atoms with Crippen molar-refractivity contribution in [1.29, 1.82) is 0 Å². The van der Waals surface area contributed by atoms with Crippen molar-refractivity contribution in [3.05, 3.63) is 35.4 Å². The second kappa shape index (κ2) is 7.42. The molecule has 0 fully saturated rings. The Balaban J connectivity index is 2.81. The molecule has 1 rings (SSSR count). The standard InChI is InChI=1S/C15H20N2O4/c1-10(2)17(9-14(19)20)15(21)13-6-4-12(5-7-13)8-16-11(3)18/h4-7,10H,8-9H2,1-3H3,(H,16,18)(H,19,20). The average Bonchev–Trinajstić information content (AvgIpc) is 2.42. The van der Waals surface area contributed by atoms with Gasteiger partial charge in [0.1, 0.15) is 6.54 Å². The third-order valence-electron chi connectivity index (χ3n) is 2.93. The number of rotatable bonds is 6. The molecule has 0 radical (unpaired) electrons. The molecule has 0 saturated heterocycles. The number of hydrogen-bond acceptors (Lipinski definition) is 3. The van der Waals surface area contributed by atoms with Crippen LogP contribution in [0.15, 0.2) is 24.3 Å². The second-order valence-electron chi connectivity index (χ2n) is 5.03. The number of nitrogens with zero attached hydrogens (tertiary/aromatic N) is 1. The van der Waals surface area contributed by atoms with Crippen LogP contribution in [-0.4, -0.2) is 40.4 Å². The molecule has 0 aliphatic rings. The van der Waals surface area contributed by atoms with Crippen molar-refractivity contribution in [3.8, 4) is 0 Å². The Kier molecular flexibility index (Phi) is 5.90. The minimum absolute atomic E-state index is 0.123. The fraction of sp³-hybridized carbons (Fsp3) is 0.400. The zero-order valence-electron chi connectivity index (χ0n) is 12.4. The van der Waals surface area contributed by atoms with Gasteiger partial charge in [0.25, 0.3) is 5.91 Å². The fourth-order valence-electron chi connectivity index (χ4n) is 1.79. The first-order valence-corrected chi connectivity index (χ1v) is 6.67. The average molecular weight is 292 g/mol. The predicted molar refractivity (Wildman–Crippen MR) is 77.8 cm³/mol. The van der Waals surface area contributed by atoms with Crippen LogP contribution >= 0.6 is 0 Å². The van der Waals surface area contributed by atoms with Crippen LogP contribution in [0.4, 0.5) is 0 Å². The van der Waals surface area contributed by atoms with Crippen molar-refractivity contribution in [3.63, 3.8) is 0 Å². The summed E-state index contributed by atoms with van der Waals surface area (Å²) in [4.78, 5) is 35.2. The molecule has 1 aromatic carbocycles. The molecular formula is C15H20N2O4. The van der Waals surface area contributed by atoms with E-state index in [1.54, 1.807) is 38.1 Å². The maximum Gasteiger partial charge on any atom is 0.323 e. The van der Waals surface area contributed by atoms with Gasteiger partial charge in [0.05, 0.1) is 0 Å². The quantitative estimate of drug-likeness (QED) is 0.826. The Morgan fingerprint density at radius 3 is 2.19 bits per heavy atom. The summed E-state index contributed by atoms with van der Waals surface area (Å²) in [5.74, 6) is -1.49. The summed E-state index contributed by atoms with van der Waals surface area (Å²) in [7, 11) is 0. The zero-order valence-corrected chi connectivity index (χ0v) is 12.4. The van der Waals surface area contributed by atoms with E-state index in [2.05, 4.69) is 5.32 Å². The van der Waals surface area contributed by atoms with E-state index in [-0.39, 0.29) is 24.4 Å². The Bertz CT molecular complexity index is 523. The summed E-state index contributed by atoms with van der Waals surface area (Å²) in [6, 6.07) is 6.55. The number of aliphatic carboxylic acids is 1. The van der Waals surface area contributed by atoms with E-state index in [4.69, 9.17) is 5.11 Å². The van der Waals surface area contributed by atoms with Crippen molar-refractivity contribution < 1.29 is 19.5 Å². The summed E-state index contributed by atoms with van der Waals surface area (Å²) >= 11 is 0. The normalized spacial score (nSPS) is 10.3. The van der Waals surface area contributed by atoms with Gasteiger partial charge in [0.2, 0.25) is 5.91 Å². The smallest absolute Gasteiger partial charge is 0.323 e. The lowest BCUT2D eigenvalue weighted by molar-refractivity contribution is -0.138. The summed E-state index contributed by atoms with van der Waals surface area (Å²) in [6.07, 6.45) is 0. The molecule has 0 spiro atoms. The molecule has 0 bridgehead atoms. The van der Waals surface area contributed by atoms with Gasteiger partial charge in [-0.05, 0) is 31.5 Å². The van der Waals surface area contributed by atoms with Gasteiger partial charge >= 0.3 is 5.97 Å². The minimum atomic E-state index is -1.04. The minimum Gasteiger partial charge on any atom is -0.480 e. The van der Waals surface area contributed by atoms with E-state index in [1.165, 1.54) is 11.8 Å². The molecule has 0 atom stereocenters. The lowest BCUT2D eigenvalue weighted by Crippen LogP contribution is -2.40. The van der Waals surface area contributed by atoms with E-state index in [9.17, 15) is 14.4 Å². The van der Waals surface area contributed by atoms with Crippen molar-refractivity contribution in [2.45, 2.75) is 33.4 Å². The summed E-state index contributed by atoms with van der Waals surface area (Å²) < 4.78 is 0. The third kappa shape index (κ3) is 5.25. The molecule has 0 unspecified atom stereocenters. The number of benzene rings is 1. The molecule has 1 aromatic rings. The lowest BCUT2D eigenvalue weighted by Gasteiger charge is -2.25. The molecule has 2 amide bonds. The molecule has 0 heterocycles. The van der Waals surface area contributed by atoms with Gasteiger partial charge in [-0.25, -0.2) is 0 Å². The zero-order chi connectivity index (χ0) is 16.0. The highest BCUT2D eigenvalue weighted by Crippen LogP contribution is 2.10. The Morgan fingerprint density at radius 1 is 1.19 bits per heavy atom. The van der Waals surface area contributed by atoms with Crippen LogP contribution in [0.3, 0.4) is 0 Å². The molecule has 0 aliphatic heterocycles. The Morgan fingerprint density at radius 2 is 1.76 bits per heavy atom. The van der Waals surface area contributed by atoms with Crippen LogP contribution in [-0.2, 0) is 16.1 Å². The van der Waals surface area contributed by atoms with Gasteiger partial charge < -0.3 is 15.3 Å². The third-order valence-corrected chi connectivity index (χ3v) is 2.93. The van der Waals surface area contributed by atoms with Gasteiger partial charge in [0.15, 0.2) is 0 Å². The monoisotopic (exact) mass is 292 g/mol. The predicted octanol–water partition coefficient (Wildman–Crippen LogP) is 1.26. The Labute approximate surface area is 123 Å². The summed E-state index contributed by atoms with van der Waals surface area (Å²) in [5, 5.41) is 11.5. The van der Waals surface area contributed by atoms with Crippen molar-refractivity contribution >= 4 is 17.8 Å². The van der Waals surface area contributed by atoms with Crippen molar-refractivity contribution in [2.24, 2.45) is 0 Å². The van der Waals surface area contributed by atoms with Gasteiger partial charge in [-0.1, -0.05) is 12.1 Å². The molecule has 21 heavy (non-hydrogen) atoms. The molecule has 0 aromatic heterocycles. The van der Waals surface area contributed by atoms with Crippen LogP contribution in [0.1, 0.15) is 36.7 Å². The highest BCUT2D eigenvalue weighted by Gasteiger charge is 2.21. The maximum absolute atomic E-state index is 12.3. The van der Waals surface area contributed by atoms with Crippen LogP contribution in [0.2, 0.25) is 0 Å². The molecule has 2 N–H and O–H groups in total. The Hall–Kier alpha value is -2.37. The van der Waals surface area contributed by atoms with Crippen LogP contribution in [0.25, 0.3) is 0 Å². The number of carboxylic acid groups (broad SMARTS) is 1. The first-order chi connectivity index (χ1) is 9.81. The van der Waals surface area contributed by atoms with E-state index in [1.807, 2.05) is 0 Å². The molecule has 6 nitrogen and oxygen atoms in total. The largest absolute Gasteiger partial charge is 0.480 e. The topological polar surface area (TPSA) is 86.7 Å². The van der Waals surface area contributed by atoms with Crippen molar-refractivity contribution in [2.75, 3.05) is 6.54 Å². The number of hydrogen-bond donors (Lipinski definition) is 2. The summed E-state index contributed by atoms with van der Waals surface area (Å²) in [5.41, 5.74) is 1.30.